The van der Waals surface area contributed by atoms with Gasteiger partial charge in [0.25, 0.3) is 5.56 Å². The Morgan fingerprint density at radius 3 is 2.76 bits per heavy atom. The number of hydrogen-bond acceptors (Lipinski definition) is 5. The van der Waals surface area contributed by atoms with Gasteiger partial charge in [-0.05, 0) is 18.1 Å². The largest absolute Gasteiger partial charge is 0.495 e. The summed E-state index contributed by atoms with van der Waals surface area (Å²) in [6, 6.07) is 7.70. The first-order valence-electron chi connectivity index (χ1n) is 8.11. The number of aryl methyl sites for hydroxylation is 1. The van der Waals surface area contributed by atoms with Gasteiger partial charge in [-0.2, -0.15) is 4.98 Å². The van der Waals surface area contributed by atoms with Crippen LogP contribution in [-0.2, 0) is 13.6 Å². The first-order valence-corrected chi connectivity index (χ1v) is 8.11. The molecule has 0 unspecified atom stereocenters. The van der Waals surface area contributed by atoms with E-state index in [0.29, 0.717) is 29.6 Å². The molecule has 8 nitrogen and oxygen atoms in total. The van der Waals surface area contributed by atoms with Gasteiger partial charge in [0.05, 0.1) is 12.8 Å². The summed E-state index contributed by atoms with van der Waals surface area (Å²) >= 11 is 0. The smallest absolute Gasteiger partial charge is 0.329 e. The van der Waals surface area contributed by atoms with Crippen LogP contribution in [0.25, 0.3) is 11.2 Å². The topological polar surface area (TPSA) is 85.2 Å². The third-order valence-electron chi connectivity index (χ3n) is 4.59. The molecule has 8 heteroatoms. The summed E-state index contributed by atoms with van der Waals surface area (Å²) in [5.74, 6) is 1.67. The van der Waals surface area contributed by atoms with Gasteiger partial charge < -0.3 is 14.2 Å². The molecule has 0 bridgehead atoms. The molecule has 0 amide bonds. The first-order chi connectivity index (χ1) is 12.0. The highest BCUT2D eigenvalue weighted by Gasteiger charge is 2.30. The van der Waals surface area contributed by atoms with E-state index in [4.69, 9.17) is 4.74 Å². The quantitative estimate of drug-likeness (QED) is 0.757. The van der Waals surface area contributed by atoms with Crippen molar-refractivity contribution < 1.29 is 4.74 Å². The average molecular weight is 341 g/mol. The molecule has 0 spiro atoms. The van der Waals surface area contributed by atoms with Crippen LogP contribution in [0.15, 0.2) is 33.9 Å². The van der Waals surface area contributed by atoms with Crippen LogP contribution in [-0.4, -0.2) is 32.8 Å². The number of aromatic amines is 1. The van der Waals surface area contributed by atoms with E-state index in [-0.39, 0.29) is 0 Å². The maximum atomic E-state index is 12.4. The molecule has 1 aromatic carbocycles. The highest BCUT2D eigenvalue weighted by Crippen LogP contribution is 2.37. The molecule has 1 aliphatic rings. The molecule has 2 aromatic heterocycles. The van der Waals surface area contributed by atoms with Crippen LogP contribution in [0.2, 0.25) is 0 Å². The molecular formula is C17H19N5O3. The van der Waals surface area contributed by atoms with Crippen LogP contribution >= 0.6 is 0 Å². The Bertz CT molecular complexity index is 1080. The molecule has 3 aromatic rings. The van der Waals surface area contributed by atoms with Crippen molar-refractivity contribution in [3.63, 3.8) is 0 Å². The number of fused-ring (bicyclic) bond motifs is 3. The molecule has 1 N–H and O–H groups in total. The lowest BCUT2D eigenvalue weighted by Crippen LogP contribution is -2.35. The van der Waals surface area contributed by atoms with E-state index >= 15 is 0 Å². The zero-order chi connectivity index (χ0) is 17.7. The van der Waals surface area contributed by atoms with E-state index < -0.39 is 11.2 Å². The van der Waals surface area contributed by atoms with Gasteiger partial charge in [0.1, 0.15) is 5.75 Å². The SMILES string of the molecule is COc1ccccc1N1C[C@@H](C)Cn2c1nc1c2c(=O)[nH]c(=O)n1C. The molecule has 1 atom stereocenters. The minimum Gasteiger partial charge on any atom is -0.495 e. The number of aromatic nitrogens is 4. The van der Waals surface area contributed by atoms with Crippen molar-refractivity contribution in [3.05, 3.63) is 45.1 Å². The molecule has 25 heavy (non-hydrogen) atoms. The number of methoxy groups -OCH3 is 1. The maximum Gasteiger partial charge on any atom is 0.329 e. The number of H-pyrrole nitrogens is 1. The molecule has 1 aliphatic heterocycles. The van der Waals surface area contributed by atoms with E-state index in [1.54, 1.807) is 14.2 Å². The minimum absolute atomic E-state index is 0.298. The number of para-hydroxylation sites is 2. The van der Waals surface area contributed by atoms with Crippen LogP contribution < -0.4 is 20.9 Å². The normalized spacial score (nSPS) is 16.9. The number of nitrogens with zero attached hydrogens (tertiary/aromatic N) is 4. The van der Waals surface area contributed by atoms with Crippen molar-refractivity contribution >= 4 is 22.8 Å². The Morgan fingerprint density at radius 2 is 2.00 bits per heavy atom. The Hall–Kier alpha value is -3.03. The van der Waals surface area contributed by atoms with Crippen LogP contribution in [0, 0.1) is 5.92 Å². The molecule has 0 aliphatic carbocycles. The Kier molecular flexibility index (Phi) is 3.41. The molecule has 4 rings (SSSR count). The molecule has 3 heterocycles. The summed E-state index contributed by atoms with van der Waals surface area (Å²) in [6.07, 6.45) is 0. The second-order valence-electron chi connectivity index (χ2n) is 6.40. The second-order valence-corrected chi connectivity index (χ2v) is 6.40. The van der Waals surface area contributed by atoms with Gasteiger partial charge in [-0.3, -0.25) is 14.3 Å². The number of hydrogen-bond donors (Lipinski definition) is 1. The zero-order valence-electron chi connectivity index (χ0n) is 14.3. The van der Waals surface area contributed by atoms with Crippen molar-refractivity contribution in [2.75, 3.05) is 18.6 Å². The van der Waals surface area contributed by atoms with Gasteiger partial charge in [-0.1, -0.05) is 19.1 Å². The minimum atomic E-state index is -0.468. The van der Waals surface area contributed by atoms with Crippen molar-refractivity contribution in [1.29, 1.82) is 0 Å². The fourth-order valence-electron chi connectivity index (χ4n) is 3.42. The average Bonchev–Trinajstić information content (AvgIpc) is 2.99. The Morgan fingerprint density at radius 1 is 1.24 bits per heavy atom. The van der Waals surface area contributed by atoms with Gasteiger partial charge in [-0.15, -0.1) is 0 Å². The predicted molar refractivity (Wildman–Crippen MR) is 94.8 cm³/mol. The van der Waals surface area contributed by atoms with Gasteiger partial charge >= 0.3 is 5.69 Å². The van der Waals surface area contributed by atoms with Crippen LogP contribution in [0.3, 0.4) is 0 Å². The van der Waals surface area contributed by atoms with Gasteiger partial charge in [0, 0.05) is 20.1 Å². The summed E-state index contributed by atoms with van der Waals surface area (Å²) in [4.78, 5) is 33.3. The highest BCUT2D eigenvalue weighted by molar-refractivity contribution is 5.78. The lowest BCUT2D eigenvalue weighted by Gasteiger charge is -2.33. The number of imidazole rings is 1. The van der Waals surface area contributed by atoms with Crippen LogP contribution in [0.5, 0.6) is 5.75 Å². The molecule has 0 radical (unpaired) electrons. The van der Waals surface area contributed by atoms with Gasteiger partial charge in [0.2, 0.25) is 5.95 Å². The number of rotatable bonds is 2. The lowest BCUT2D eigenvalue weighted by atomic mass is 10.1. The molecule has 0 saturated carbocycles. The first kappa shape index (κ1) is 15.5. The fourth-order valence-corrected chi connectivity index (χ4v) is 3.42. The number of ether oxygens (including phenoxy) is 1. The predicted octanol–water partition coefficient (Wildman–Crippen LogP) is 1.22. The number of anilines is 2. The van der Waals surface area contributed by atoms with E-state index in [0.717, 1.165) is 18.0 Å². The van der Waals surface area contributed by atoms with Crippen LogP contribution in [0.4, 0.5) is 11.6 Å². The summed E-state index contributed by atoms with van der Waals surface area (Å²) in [5.41, 5.74) is 0.812. The number of benzene rings is 1. The summed E-state index contributed by atoms with van der Waals surface area (Å²) < 4.78 is 8.74. The van der Waals surface area contributed by atoms with E-state index in [1.165, 1.54) is 4.57 Å². The second kappa shape index (κ2) is 5.51. The third kappa shape index (κ3) is 2.25. The monoisotopic (exact) mass is 341 g/mol. The maximum absolute atomic E-state index is 12.4. The molecule has 0 saturated heterocycles. The fraction of sp³-hybridized carbons (Fsp3) is 0.353. The summed E-state index contributed by atoms with van der Waals surface area (Å²) in [7, 11) is 3.24. The molecular weight excluding hydrogens is 322 g/mol. The lowest BCUT2D eigenvalue weighted by molar-refractivity contribution is 0.410. The third-order valence-corrected chi connectivity index (χ3v) is 4.59. The van der Waals surface area contributed by atoms with E-state index in [9.17, 15) is 9.59 Å². The molecule has 0 fully saturated rings. The van der Waals surface area contributed by atoms with Crippen molar-refractivity contribution in [2.24, 2.45) is 13.0 Å². The van der Waals surface area contributed by atoms with Crippen molar-refractivity contribution in [2.45, 2.75) is 13.5 Å². The van der Waals surface area contributed by atoms with Crippen molar-refractivity contribution in [3.8, 4) is 5.75 Å². The number of nitrogens with one attached hydrogen (secondary N) is 1. The zero-order valence-corrected chi connectivity index (χ0v) is 14.3. The Labute approximate surface area is 143 Å². The molecule has 130 valence electrons. The van der Waals surface area contributed by atoms with E-state index in [2.05, 4.69) is 16.9 Å². The van der Waals surface area contributed by atoms with E-state index in [1.807, 2.05) is 33.7 Å². The summed E-state index contributed by atoms with van der Waals surface area (Å²) in [5, 5.41) is 0. The van der Waals surface area contributed by atoms with Gasteiger partial charge in [-0.25, -0.2) is 4.79 Å². The summed E-state index contributed by atoms with van der Waals surface area (Å²) in [6.45, 7) is 3.53. The standard InChI is InChI=1S/C17H19N5O3/c1-10-8-21(11-6-4-5-7-12(11)25-3)16-18-14-13(22(16)9-10)15(23)19-17(24)20(14)2/h4-7,10H,8-9H2,1-3H3,(H,19,23,24)/t10-/m1/s1. The highest BCUT2D eigenvalue weighted by atomic mass is 16.5. The van der Waals surface area contributed by atoms with Crippen LogP contribution in [0.1, 0.15) is 6.92 Å². The Balaban J connectivity index is 2.03. The van der Waals surface area contributed by atoms with Gasteiger partial charge in [0.15, 0.2) is 11.2 Å². The van der Waals surface area contributed by atoms with Crippen molar-refractivity contribution in [1.82, 2.24) is 19.1 Å².